The summed E-state index contributed by atoms with van der Waals surface area (Å²) in [5.41, 5.74) is 1.95. The molecule has 0 aliphatic carbocycles. The van der Waals surface area contributed by atoms with E-state index in [1.807, 2.05) is 43.3 Å². The predicted octanol–water partition coefficient (Wildman–Crippen LogP) is 1.74. The average Bonchev–Trinajstić information content (AvgIpc) is 3.39. The number of aryl methyl sites for hydroxylation is 1. The molecule has 0 amide bonds. The van der Waals surface area contributed by atoms with E-state index in [0.717, 1.165) is 62.1 Å². The van der Waals surface area contributed by atoms with Crippen LogP contribution in [-0.2, 0) is 20.5 Å². The van der Waals surface area contributed by atoms with Crippen LogP contribution in [0.4, 0.5) is 11.6 Å². The van der Waals surface area contributed by atoms with Crippen LogP contribution in [0.15, 0.2) is 36.4 Å². The Balaban J connectivity index is 1.10. The molecule has 9 nitrogen and oxygen atoms in total. The number of hydrogen-bond donors (Lipinski definition) is 0. The molecule has 1 atom stereocenters. The molecule has 3 saturated heterocycles. The van der Waals surface area contributed by atoms with E-state index in [9.17, 15) is 8.42 Å². The Morgan fingerprint density at radius 3 is 2.00 bits per heavy atom. The summed E-state index contributed by atoms with van der Waals surface area (Å²) in [6.45, 7) is 10.0. The van der Waals surface area contributed by atoms with Crippen LogP contribution in [0, 0.1) is 6.92 Å². The summed E-state index contributed by atoms with van der Waals surface area (Å²) in [7, 11) is -3.34. The lowest BCUT2D eigenvalue weighted by Crippen LogP contribution is -2.49. The zero-order valence-electron chi connectivity index (χ0n) is 20.6. The molecule has 0 saturated carbocycles. The Morgan fingerprint density at radius 2 is 1.46 bits per heavy atom. The van der Waals surface area contributed by atoms with Gasteiger partial charge in [0.2, 0.25) is 10.0 Å². The topological polar surface area (TPSA) is 82.1 Å². The van der Waals surface area contributed by atoms with Gasteiger partial charge >= 0.3 is 0 Å². The number of piperazine rings is 2. The maximum Gasteiger partial charge on any atom is 0.218 e. The number of hydrogen-bond acceptors (Lipinski definition) is 8. The first-order chi connectivity index (χ1) is 17.0. The third kappa shape index (κ3) is 6.11. The second-order valence-corrected chi connectivity index (χ2v) is 11.8. The van der Waals surface area contributed by atoms with Crippen molar-refractivity contribution in [3.05, 3.63) is 47.5 Å². The minimum atomic E-state index is -3.34. The van der Waals surface area contributed by atoms with Gasteiger partial charge in [0.05, 0.1) is 11.9 Å². The molecule has 5 rings (SSSR count). The van der Waals surface area contributed by atoms with E-state index >= 15 is 0 Å². The van der Waals surface area contributed by atoms with Gasteiger partial charge in [0, 0.05) is 65.5 Å². The van der Waals surface area contributed by atoms with Gasteiger partial charge in [-0.2, -0.15) is 4.31 Å². The van der Waals surface area contributed by atoms with Gasteiger partial charge in [0.1, 0.15) is 0 Å². The molecule has 2 aromatic rings. The first-order valence-corrected chi connectivity index (χ1v) is 14.3. The lowest BCUT2D eigenvalue weighted by Gasteiger charge is -2.36. The number of ether oxygens (including phenoxy) is 1. The molecule has 3 aliphatic heterocycles. The molecule has 0 N–H and O–H groups in total. The van der Waals surface area contributed by atoms with E-state index in [4.69, 9.17) is 4.74 Å². The van der Waals surface area contributed by atoms with Gasteiger partial charge in [-0.1, -0.05) is 29.8 Å². The first-order valence-electron chi connectivity index (χ1n) is 12.7. The molecular formula is C25H36N6O3S. The second-order valence-electron chi connectivity index (χ2n) is 9.80. The Labute approximate surface area is 208 Å². The molecule has 10 heteroatoms. The van der Waals surface area contributed by atoms with Gasteiger partial charge in [0.25, 0.3) is 0 Å². The van der Waals surface area contributed by atoms with Crippen molar-refractivity contribution in [1.29, 1.82) is 0 Å². The summed E-state index contributed by atoms with van der Waals surface area (Å²) in [6.07, 6.45) is 2.77. The van der Waals surface area contributed by atoms with Gasteiger partial charge in [-0.3, -0.25) is 4.90 Å². The van der Waals surface area contributed by atoms with Crippen molar-refractivity contribution in [3.63, 3.8) is 0 Å². The normalized spacial score (nSPS) is 22.6. The van der Waals surface area contributed by atoms with Crippen molar-refractivity contribution in [2.24, 2.45) is 0 Å². The molecule has 3 fully saturated rings. The highest BCUT2D eigenvalue weighted by atomic mass is 32.2. The van der Waals surface area contributed by atoms with Crippen LogP contribution < -0.4 is 9.80 Å². The lowest BCUT2D eigenvalue weighted by atomic mass is 10.2. The van der Waals surface area contributed by atoms with Crippen molar-refractivity contribution < 1.29 is 13.2 Å². The third-order valence-electron chi connectivity index (χ3n) is 7.24. The lowest BCUT2D eigenvalue weighted by molar-refractivity contribution is 0.0712. The number of anilines is 2. The first kappa shape index (κ1) is 24.4. The van der Waals surface area contributed by atoms with Crippen molar-refractivity contribution in [1.82, 2.24) is 19.4 Å². The van der Waals surface area contributed by atoms with Crippen molar-refractivity contribution in [3.8, 4) is 0 Å². The number of rotatable bonds is 7. The fourth-order valence-electron chi connectivity index (χ4n) is 5.07. The third-order valence-corrected chi connectivity index (χ3v) is 9.09. The molecule has 0 spiro atoms. The molecule has 1 unspecified atom stereocenters. The second kappa shape index (κ2) is 10.8. The van der Waals surface area contributed by atoms with Gasteiger partial charge in [0.15, 0.2) is 11.6 Å². The molecule has 1 aromatic carbocycles. The molecule has 3 aliphatic rings. The van der Waals surface area contributed by atoms with Gasteiger partial charge in [-0.05, 0) is 37.5 Å². The van der Waals surface area contributed by atoms with Crippen LogP contribution in [0.25, 0.3) is 0 Å². The monoisotopic (exact) mass is 500 g/mol. The van der Waals surface area contributed by atoms with Crippen LogP contribution in [0.5, 0.6) is 0 Å². The summed E-state index contributed by atoms with van der Waals surface area (Å²) in [5, 5.41) is 8.97. The molecule has 35 heavy (non-hydrogen) atoms. The Kier molecular flexibility index (Phi) is 7.52. The van der Waals surface area contributed by atoms with Crippen molar-refractivity contribution in [2.45, 2.75) is 31.6 Å². The van der Waals surface area contributed by atoms with E-state index in [2.05, 4.69) is 24.9 Å². The summed E-state index contributed by atoms with van der Waals surface area (Å²) >= 11 is 0. The van der Waals surface area contributed by atoms with Crippen LogP contribution in [0.3, 0.4) is 0 Å². The van der Waals surface area contributed by atoms with E-state index in [1.165, 1.54) is 12.8 Å². The quantitative estimate of drug-likeness (QED) is 0.569. The molecule has 4 heterocycles. The summed E-state index contributed by atoms with van der Waals surface area (Å²) in [5.74, 6) is 1.76. The number of benzene rings is 1. The smallest absolute Gasteiger partial charge is 0.218 e. The average molecular weight is 501 g/mol. The predicted molar refractivity (Wildman–Crippen MR) is 137 cm³/mol. The van der Waals surface area contributed by atoms with Crippen LogP contribution >= 0.6 is 0 Å². The van der Waals surface area contributed by atoms with Gasteiger partial charge < -0.3 is 14.5 Å². The molecule has 0 bridgehead atoms. The minimum Gasteiger partial charge on any atom is -0.377 e. The number of sulfonamides is 1. The van der Waals surface area contributed by atoms with E-state index in [0.29, 0.717) is 32.3 Å². The summed E-state index contributed by atoms with van der Waals surface area (Å²) < 4.78 is 33.1. The minimum absolute atomic E-state index is 0.0444. The highest BCUT2D eigenvalue weighted by Gasteiger charge is 2.28. The maximum atomic E-state index is 12.9. The summed E-state index contributed by atoms with van der Waals surface area (Å²) in [4.78, 5) is 6.90. The highest BCUT2D eigenvalue weighted by Crippen LogP contribution is 2.21. The van der Waals surface area contributed by atoms with Crippen molar-refractivity contribution >= 4 is 21.7 Å². The van der Waals surface area contributed by atoms with E-state index in [1.54, 1.807) is 4.31 Å². The fourth-order valence-corrected chi connectivity index (χ4v) is 6.59. The standard InChI is InChI=1S/C25H36N6O3S/c1-21-4-6-22(7-5-21)20-35(32,33)31-16-14-30(15-17-31)25-9-8-24(26-27-25)29-12-10-28(11-13-29)19-23-3-2-18-34-23/h4-9,23H,2-3,10-20H2,1H3. The fraction of sp³-hybridized carbons (Fsp3) is 0.600. The Hall–Kier alpha value is -2.27. The zero-order valence-corrected chi connectivity index (χ0v) is 21.4. The summed E-state index contributed by atoms with van der Waals surface area (Å²) in [6, 6.07) is 11.7. The molecule has 190 valence electrons. The van der Waals surface area contributed by atoms with Crippen LogP contribution in [0.2, 0.25) is 0 Å². The molecular weight excluding hydrogens is 464 g/mol. The zero-order chi connectivity index (χ0) is 24.3. The van der Waals surface area contributed by atoms with Gasteiger partial charge in [-0.15, -0.1) is 10.2 Å². The molecule has 1 aromatic heterocycles. The number of aromatic nitrogens is 2. The van der Waals surface area contributed by atoms with E-state index in [-0.39, 0.29) is 5.75 Å². The maximum absolute atomic E-state index is 12.9. The Morgan fingerprint density at radius 1 is 0.857 bits per heavy atom. The Bertz CT molecular complexity index is 1060. The largest absolute Gasteiger partial charge is 0.377 e. The number of nitrogens with zero attached hydrogens (tertiary/aromatic N) is 6. The highest BCUT2D eigenvalue weighted by molar-refractivity contribution is 7.88. The van der Waals surface area contributed by atoms with Crippen LogP contribution in [0.1, 0.15) is 24.0 Å². The van der Waals surface area contributed by atoms with Gasteiger partial charge in [-0.25, -0.2) is 8.42 Å². The molecule has 0 radical (unpaired) electrons. The van der Waals surface area contributed by atoms with E-state index < -0.39 is 10.0 Å². The SMILES string of the molecule is Cc1ccc(CS(=O)(=O)N2CCN(c3ccc(N4CCN(CC5CCCO5)CC4)nn3)CC2)cc1. The van der Waals surface area contributed by atoms with Crippen molar-refractivity contribution in [2.75, 3.05) is 75.3 Å². The van der Waals surface area contributed by atoms with Crippen LogP contribution in [-0.4, -0.2) is 99.4 Å².